The van der Waals surface area contributed by atoms with E-state index in [1.165, 1.54) is 64.1 Å². The summed E-state index contributed by atoms with van der Waals surface area (Å²) in [4.78, 5) is 7.85. The van der Waals surface area contributed by atoms with Crippen molar-refractivity contribution in [3.63, 3.8) is 0 Å². The van der Waals surface area contributed by atoms with Crippen molar-refractivity contribution in [3.8, 4) is 5.75 Å². The molecule has 0 amide bonds. The number of aryl methyl sites for hydroxylation is 1. The molecule has 4 aromatic rings. The summed E-state index contributed by atoms with van der Waals surface area (Å²) in [6.45, 7) is 13.0. The lowest BCUT2D eigenvalue weighted by molar-refractivity contribution is 0.201. The third-order valence-corrected chi connectivity index (χ3v) is 11.2. The molecule has 4 aromatic carbocycles. The van der Waals surface area contributed by atoms with Gasteiger partial charge in [-0.2, -0.15) is 0 Å². The topological polar surface area (TPSA) is 42.0 Å². The van der Waals surface area contributed by atoms with E-state index in [0.717, 1.165) is 70.3 Å². The molecule has 1 aliphatic carbocycles. The molecule has 0 bridgehead atoms. The van der Waals surface area contributed by atoms with Crippen LogP contribution in [-0.4, -0.2) is 55.8 Å². The first kappa shape index (κ1) is 29.2. The van der Waals surface area contributed by atoms with E-state index in [9.17, 15) is 5.11 Å². The van der Waals surface area contributed by atoms with Crippen LogP contribution < -0.4 is 15.1 Å². The molecule has 2 N–H and O–H groups in total. The van der Waals surface area contributed by atoms with Gasteiger partial charge in [0.15, 0.2) is 0 Å². The molecule has 5 nitrogen and oxygen atoms in total. The minimum Gasteiger partial charge on any atom is -0.508 e. The van der Waals surface area contributed by atoms with Crippen LogP contribution in [0.5, 0.6) is 5.75 Å². The monoisotopic (exact) mass is 610 g/mol. The lowest BCUT2D eigenvalue weighted by Gasteiger charge is -2.40. The van der Waals surface area contributed by atoms with Crippen molar-refractivity contribution in [2.24, 2.45) is 5.92 Å². The molecule has 5 heteroatoms. The first-order chi connectivity index (χ1) is 22.6. The summed E-state index contributed by atoms with van der Waals surface area (Å²) in [5, 5.41) is 13.6. The molecule has 0 radical (unpaired) electrons. The standard InChI is InChI=1S/C41H46N4O/c1-29-38-15-12-36(25-34(38)27-42-29)45-23-21-43(22-24-45)28-30-17-19-44(20-18-30)35-10-7-32(8-11-35)41-39(31-5-3-2-4-6-31)14-9-33-26-37(46)13-16-40(33)41/h2-8,10-13,15-16,25-26,30,39,41-42,46H,1,9,14,17-24,27-28H2. The van der Waals surface area contributed by atoms with Crippen molar-refractivity contribution >= 4 is 17.1 Å². The Morgan fingerprint density at radius 2 is 1.43 bits per heavy atom. The summed E-state index contributed by atoms with van der Waals surface area (Å²) in [6, 6.07) is 33.3. The fraction of sp³-hybridized carbons (Fsp3) is 0.366. The van der Waals surface area contributed by atoms with Gasteiger partial charge in [0.1, 0.15) is 5.75 Å². The summed E-state index contributed by atoms with van der Waals surface area (Å²) in [7, 11) is 0. The maximum absolute atomic E-state index is 10.2. The second kappa shape index (κ2) is 12.5. The molecular weight excluding hydrogens is 564 g/mol. The van der Waals surface area contributed by atoms with Gasteiger partial charge >= 0.3 is 0 Å². The number of aromatic hydroxyl groups is 1. The van der Waals surface area contributed by atoms with Gasteiger partial charge in [0.25, 0.3) is 0 Å². The Bertz CT molecular complexity index is 1680. The average molecular weight is 611 g/mol. The van der Waals surface area contributed by atoms with E-state index in [-0.39, 0.29) is 0 Å². The molecule has 2 unspecified atom stereocenters. The Morgan fingerprint density at radius 1 is 0.696 bits per heavy atom. The first-order valence-electron chi connectivity index (χ1n) is 17.3. The van der Waals surface area contributed by atoms with Crippen molar-refractivity contribution in [1.29, 1.82) is 0 Å². The van der Waals surface area contributed by atoms with Crippen LogP contribution in [0.1, 0.15) is 64.5 Å². The number of anilines is 2. The molecule has 2 fully saturated rings. The molecule has 8 rings (SSSR count). The van der Waals surface area contributed by atoms with Gasteiger partial charge in [-0.15, -0.1) is 0 Å². The number of phenolic OH excluding ortho intramolecular Hbond substituents is 1. The lowest BCUT2D eigenvalue weighted by Crippen LogP contribution is -2.49. The van der Waals surface area contributed by atoms with Crippen molar-refractivity contribution in [2.45, 2.75) is 44.1 Å². The SMILES string of the molecule is C=C1NCc2cc(N3CCN(CC4CCN(c5ccc(C6c7ccc(O)cc7CCC6c6ccccc6)cc5)CC4)CC3)ccc21. The predicted octanol–water partition coefficient (Wildman–Crippen LogP) is 7.37. The van der Waals surface area contributed by atoms with E-state index in [4.69, 9.17) is 0 Å². The summed E-state index contributed by atoms with van der Waals surface area (Å²) < 4.78 is 0. The van der Waals surface area contributed by atoms with Gasteiger partial charge in [0, 0.05) is 80.9 Å². The predicted molar refractivity (Wildman–Crippen MR) is 190 cm³/mol. The second-order valence-electron chi connectivity index (χ2n) is 13.9. The Kier molecular flexibility index (Phi) is 7.95. The lowest BCUT2D eigenvalue weighted by atomic mass is 9.69. The highest BCUT2D eigenvalue weighted by molar-refractivity contribution is 5.71. The van der Waals surface area contributed by atoms with Crippen LogP contribution in [0.25, 0.3) is 5.70 Å². The van der Waals surface area contributed by atoms with Crippen LogP contribution in [0.3, 0.4) is 0 Å². The molecule has 0 saturated carbocycles. The number of fused-ring (bicyclic) bond motifs is 2. The van der Waals surface area contributed by atoms with E-state index in [0.29, 0.717) is 17.6 Å². The van der Waals surface area contributed by atoms with Crippen LogP contribution in [0, 0.1) is 5.92 Å². The Hall–Kier alpha value is -4.22. The zero-order valence-electron chi connectivity index (χ0n) is 26.9. The van der Waals surface area contributed by atoms with Gasteiger partial charge in [-0.3, -0.25) is 4.90 Å². The number of nitrogens with zero attached hydrogens (tertiary/aromatic N) is 3. The van der Waals surface area contributed by atoms with E-state index < -0.39 is 0 Å². The number of piperazine rings is 1. The Morgan fingerprint density at radius 3 is 2.22 bits per heavy atom. The van der Waals surface area contributed by atoms with Gasteiger partial charge in [-0.05, 0) is 102 Å². The van der Waals surface area contributed by atoms with E-state index in [1.807, 2.05) is 12.1 Å². The van der Waals surface area contributed by atoms with Crippen LogP contribution in [0.4, 0.5) is 11.4 Å². The van der Waals surface area contributed by atoms with Gasteiger partial charge in [0.05, 0.1) is 0 Å². The third kappa shape index (κ3) is 5.78. The fourth-order valence-electron chi connectivity index (χ4n) is 8.61. The summed E-state index contributed by atoms with van der Waals surface area (Å²) >= 11 is 0. The molecule has 0 aromatic heterocycles. The quantitative estimate of drug-likeness (QED) is 0.239. The smallest absolute Gasteiger partial charge is 0.115 e. The zero-order valence-corrected chi connectivity index (χ0v) is 26.9. The summed E-state index contributed by atoms with van der Waals surface area (Å²) in [5.41, 5.74) is 11.9. The average Bonchev–Trinajstić information content (AvgIpc) is 3.48. The highest BCUT2D eigenvalue weighted by Gasteiger charge is 2.32. The normalized spacial score (nSPS) is 22.0. The van der Waals surface area contributed by atoms with Gasteiger partial charge in [0.2, 0.25) is 0 Å². The maximum atomic E-state index is 10.2. The van der Waals surface area contributed by atoms with E-state index >= 15 is 0 Å². The third-order valence-electron chi connectivity index (χ3n) is 11.2. The van der Waals surface area contributed by atoms with Crippen molar-refractivity contribution in [3.05, 3.63) is 131 Å². The van der Waals surface area contributed by atoms with Crippen molar-refractivity contribution in [1.82, 2.24) is 10.2 Å². The molecule has 3 aliphatic heterocycles. The second-order valence-corrected chi connectivity index (χ2v) is 13.9. The summed E-state index contributed by atoms with van der Waals surface area (Å²) in [6.07, 6.45) is 4.63. The molecule has 2 saturated heterocycles. The molecular formula is C41H46N4O. The molecule has 46 heavy (non-hydrogen) atoms. The van der Waals surface area contributed by atoms with Gasteiger partial charge in [-0.25, -0.2) is 0 Å². The fourth-order valence-corrected chi connectivity index (χ4v) is 8.61. The summed E-state index contributed by atoms with van der Waals surface area (Å²) in [5.74, 6) is 1.89. The van der Waals surface area contributed by atoms with Crippen molar-refractivity contribution < 1.29 is 5.11 Å². The Balaban J connectivity index is 0.877. The Labute approximate surface area is 274 Å². The number of piperidine rings is 1. The van der Waals surface area contributed by atoms with Crippen LogP contribution in [-0.2, 0) is 13.0 Å². The van der Waals surface area contributed by atoms with Crippen LogP contribution >= 0.6 is 0 Å². The minimum atomic E-state index is 0.298. The van der Waals surface area contributed by atoms with E-state index in [1.54, 1.807) is 0 Å². The van der Waals surface area contributed by atoms with Crippen LogP contribution in [0.15, 0.2) is 97.6 Å². The molecule has 3 heterocycles. The maximum Gasteiger partial charge on any atom is 0.115 e. The first-order valence-corrected chi connectivity index (χ1v) is 17.3. The van der Waals surface area contributed by atoms with Crippen LogP contribution in [0.2, 0.25) is 0 Å². The largest absolute Gasteiger partial charge is 0.508 e. The number of hydrogen-bond acceptors (Lipinski definition) is 5. The number of benzene rings is 4. The number of hydrogen-bond donors (Lipinski definition) is 2. The molecule has 2 atom stereocenters. The molecule has 4 aliphatic rings. The van der Waals surface area contributed by atoms with E-state index in [2.05, 4.69) is 105 Å². The zero-order chi connectivity index (χ0) is 31.0. The highest BCUT2D eigenvalue weighted by atomic mass is 16.3. The van der Waals surface area contributed by atoms with Crippen molar-refractivity contribution in [2.75, 3.05) is 55.6 Å². The number of rotatable bonds is 6. The number of nitrogens with one attached hydrogen (secondary N) is 1. The molecule has 236 valence electrons. The highest BCUT2D eigenvalue weighted by Crippen LogP contribution is 2.47. The van der Waals surface area contributed by atoms with Gasteiger partial charge in [-0.1, -0.05) is 61.2 Å². The van der Waals surface area contributed by atoms with Gasteiger partial charge < -0.3 is 20.2 Å². The molecule has 0 spiro atoms. The number of phenols is 1. The minimum absolute atomic E-state index is 0.298.